The molecule has 0 fully saturated rings. The molecule has 0 aliphatic carbocycles. The lowest BCUT2D eigenvalue weighted by molar-refractivity contribution is 0.112. The molecule has 0 amide bonds. The van der Waals surface area contributed by atoms with Crippen LogP contribution in [0.25, 0.3) is 0 Å². The number of rotatable bonds is 4. The Balaban J connectivity index is 2.44. The number of nitrogens with zero attached hydrogens (tertiary/aromatic N) is 1. The molecule has 2 aromatic rings. The Labute approximate surface area is 128 Å². The highest BCUT2D eigenvalue weighted by Gasteiger charge is 2.19. The number of carbonyl (C=O) groups excluding carboxylic acids is 1. The molecule has 4 heteroatoms. The summed E-state index contributed by atoms with van der Waals surface area (Å²) in [5.41, 5.74) is 2.28. The summed E-state index contributed by atoms with van der Waals surface area (Å²) in [6, 6.07) is 13.0. The van der Waals surface area contributed by atoms with E-state index >= 15 is 0 Å². The lowest BCUT2D eigenvalue weighted by Crippen LogP contribution is -2.23. The van der Waals surface area contributed by atoms with Gasteiger partial charge in [-0.05, 0) is 30.7 Å². The van der Waals surface area contributed by atoms with Gasteiger partial charge in [0.2, 0.25) is 0 Å². The number of halogens is 2. The smallest absolute Gasteiger partial charge is 0.152 e. The summed E-state index contributed by atoms with van der Waals surface area (Å²) in [7, 11) is 1.90. The second-order valence-electron chi connectivity index (χ2n) is 4.60. The molecule has 0 radical (unpaired) electrons. The minimum atomic E-state index is 0.00213. The molecule has 2 rings (SSSR count). The van der Waals surface area contributed by atoms with Crippen molar-refractivity contribution in [1.29, 1.82) is 0 Å². The van der Waals surface area contributed by atoms with Gasteiger partial charge in [-0.25, -0.2) is 0 Å². The first-order valence-electron chi connectivity index (χ1n) is 6.27. The van der Waals surface area contributed by atoms with Crippen LogP contribution in [0.5, 0.6) is 0 Å². The third-order valence-corrected chi connectivity index (χ3v) is 4.08. The first-order valence-corrected chi connectivity index (χ1v) is 7.02. The van der Waals surface area contributed by atoms with Gasteiger partial charge in [0.15, 0.2) is 6.29 Å². The number of carbonyl (C=O) groups is 1. The van der Waals surface area contributed by atoms with E-state index < -0.39 is 0 Å². The Morgan fingerprint density at radius 1 is 1.05 bits per heavy atom. The van der Waals surface area contributed by atoms with Gasteiger partial charge in [-0.15, -0.1) is 0 Å². The number of hydrogen-bond donors (Lipinski definition) is 0. The van der Waals surface area contributed by atoms with Crippen LogP contribution in [0.4, 0.5) is 5.69 Å². The van der Waals surface area contributed by atoms with E-state index in [4.69, 9.17) is 23.2 Å². The van der Waals surface area contributed by atoms with Crippen LogP contribution in [0.1, 0.15) is 28.9 Å². The zero-order chi connectivity index (χ0) is 14.7. The van der Waals surface area contributed by atoms with Gasteiger partial charge < -0.3 is 4.90 Å². The predicted octanol–water partition coefficient (Wildman–Crippen LogP) is 5.00. The van der Waals surface area contributed by atoms with E-state index in [-0.39, 0.29) is 6.04 Å². The lowest BCUT2D eigenvalue weighted by Gasteiger charge is -2.29. The van der Waals surface area contributed by atoms with E-state index in [1.165, 1.54) is 0 Å². The number of benzene rings is 2. The number of aldehydes is 1. The van der Waals surface area contributed by atoms with E-state index in [1.807, 2.05) is 43.1 Å². The normalized spacial score (nSPS) is 12.0. The summed E-state index contributed by atoms with van der Waals surface area (Å²) >= 11 is 12.5. The van der Waals surface area contributed by atoms with Crippen LogP contribution in [0.15, 0.2) is 42.5 Å². The van der Waals surface area contributed by atoms with Crippen molar-refractivity contribution in [3.63, 3.8) is 0 Å². The highest BCUT2D eigenvalue weighted by molar-refractivity contribution is 6.34. The van der Waals surface area contributed by atoms with Crippen LogP contribution in [-0.4, -0.2) is 13.3 Å². The average Bonchev–Trinajstić information content (AvgIpc) is 2.46. The summed E-state index contributed by atoms with van der Waals surface area (Å²) in [5.74, 6) is 0. The molecule has 1 unspecified atom stereocenters. The van der Waals surface area contributed by atoms with E-state index in [2.05, 4.69) is 0 Å². The highest BCUT2D eigenvalue weighted by Crippen LogP contribution is 2.35. The molecule has 104 valence electrons. The molecule has 0 aliphatic rings. The van der Waals surface area contributed by atoms with Gasteiger partial charge in [0.25, 0.3) is 0 Å². The minimum absolute atomic E-state index is 0.00213. The second-order valence-corrected chi connectivity index (χ2v) is 5.42. The zero-order valence-corrected chi connectivity index (χ0v) is 12.8. The Kier molecular flexibility index (Phi) is 4.69. The SMILES string of the molecule is CC(c1ccccc1Cl)N(C)c1c(Cl)cccc1C=O. The predicted molar refractivity (Wildman–Crippen MR) is 85.1 cm³/mol. The molecule has 0 aromatic heterocycles. The largest absolute Gasteiger partial charge is 0.366 e. The van der Waals surface area contributed by atoms with E-state index in [9.17, 15) is 4.79 Å². The molecule has 0 saturated heterocycles. The first-order chi connectivity index (χ1) is 9.56. The third-order valence-electron chi connectivity index (χ3n) is 3.43. The molecule has 0 spiro atoms. The van der Waals surface area contributed by atoms with Crippen molar-refractivity contribution in [2.24, 2.45) is 0 Å². The van der Waals surface area contributed by atoms with Crippen molar-refractivity contribution < 1.29 is 4.79 Å². The number of anilines is 1. The number of hydrogen-bond acceptors (Lipinski definition) is 2. The Morgan fingerprint density at radius 2 is 1.70 bits per heavy atom. The average molecular weight is 308 g/mol. The molecule has 0 saturated carbocycles. The van der Waals surface area contributed by atoms with Gasteiger partial charge in [0, 0.05) is 17.6 Å². The van der Waals surface area contributed by atoms with Crippen molar-refractivity contribution in [2.75, 3.05) is 11.9 Å². The van der Waals surface area contributed by atoms with Crippen LogP contribution in [-0.2, 0) is 0 Å². The second kappa shape index (κ2) is 6.29. The molecular weight excluding hydrogens is 293 g/mol. The molecule has 1 atom stereocenters. The van der Waals surface area contributed by atoms with E-state index in [0.717, 1.165) is 17.5 Å². The fraction of sp³-hybridized carbons (Fsp3) is 0.188. The van der Waals surface area contributed by atoms with Crippen LogP contribution in [0.3, 0.4) is 0 Å². The van der Waals surface area contributed by atoms with Crippen molar-refractivity contribution >= 4 is 35.2 Å². The summed E-state index contributed by atoms with van der Waals surface area (Å²) in [5, 5.41) is 1.25. The van der Waals surface area contributed by atoms with Gasteiger partial charge in [-0.2, -0.15) is 0 Å². The van der Waals surface area contributed by atoms with Crippen LogP contribution >= 0.6 is 23.2 Å². The van der Waals surface area contributed by atoms with Gasteiger partial charge in [0.05, 0.1) is 16.8 Å². The first kappa shape index (κ1) is 14.9. The van der Waals surface area contributed by atoms with E-state index in [0.29, 0.717) is 15.6 Å². The van der Waals surface area contributed by atoms with Crippen molar-refractivity contribution in [3.05, 3.63) is 63.6 Å². The summed E-state index contributed by atoms with van der Waals surface area (Å²) in [6.07, 6.45) is 0.817. The Bertz CT molecular complexity index is 628. The maximum Gasteiger partial charge on any atom is 0.152 e. The van der Waals surface area contributed by atoms with Crippen LogP contribution in [0.2, 0.25) is 10.0 Å². The highest BCUT2D eigenvalue weighted by atomic mass is 35.5. The summed E-state index contributed by atoms with van der Waals surface area (Å²) < 4.78 is 0. The summed E-state index contributed by atoms with van der Waals surface area (Å²) in [4.78, 5) is 13.2. The molecule has 20 heavy (non-hydrogen) atoms. The quantitative estimate of drug-likeness (QED) is 0.741. The van der Waals surface area contributed by atoms with Gasteiger partial charge >= 0.3 is 0 Å². The number of para-hydroxylation sites is 1. The molecule has 2 aromatic carbocycles. The monoisotopic (exact) mass is 307 g/mol. The van der Waals surface area contributed by atoms with Gasteiger partial charge in [0.1, 0.15) is 0 Å². The molecule has 0 heterocycles. The molecule has 2 nitrogen and oxygen atoms in total. The zero-order valence-electron chi connectivity index (χ0n) is 11.3. The molecule has 0 bridgehead atoms. The lowest BCUT2D eigenvalue weighted by atomic mass is 10.1. The fourth-order valence-electron chi connectivity index (χ4n) is 2.22. The van der Waals surface area contributed by atoms with Gasteiger partial charge in [-0.1, -0.05) is 47.5 Å². The molecule has 0 N–H and O–H groups in total. The van der Waals surface area contributed by atoms with Crippen molar-refractivity contribution in [3.8, 4) is 0 Å². The van der Waals surface area contributed by atoms with E-state index in [1.54, 1.807) is 18.2 Å². The standard InChI is InChI=1S/C16H15Cl2NO/c1-11(13-7-3-4-8-14(13)17)19(2)16-12(10-20)6-5-9-15(16)18/h3-11H,1-2H3. The van der Waals surface area contributed by atoms with Crippen LogP contribution in [0, 0.1) is 0 Å². The maximum absolute atomic E-state index is 11.2. The van der Waals surface area contributed by atoms with Crippen molar-refractivity contribution in [2.45, 2.75) is 13.0 Å². The third kappa shape index (κ3) is 2.82. The molecule has 0 aliphatic heterocycles. The fourth-order valence-corrected chi connectivity index (χ4v) is 2.82. The molecular formula is C16H15Cl2NO. The minimum Gasteiger partial charge on any atom is -0.366 e. The maximum atomic E-state index is 11.2. The Morgan fingerprint density at radius 3 is 2.35 bits per heavy atom. The van der Waals surface area contributed by atoms with Gasteiger partial charge in [-0.3, -0.25) is 4.79 Å². The summed E-state index contributed by atoms with van der Waals surface area (Å²) in [6.45, 7) is 2.03. The topological polar surface area (TPSA) is 20.3 Å². The Hall–Kier alpha value is -1.51. The van der Waals surface area contributed by atoms with Crippen molar-refractivity contribution in [1.82, 2.24) is 0 Å². The van der Waals surface area contributed by atoms with Crippen LogP contribution < -0.4 is 4.90 Å².